The lowest BCUT2D eigenvalue weighted by atomic mass is 9.76. The fourth-order valence-electron chi connectivity index (χ4n) is 5.33. The topological polar surface area (TPSA) is 114 Å². The molecule has 0 spiro atoms. The van der Waals surface area contributed by atoms with Crippen LogP contribution in [0.25, 0.3) is 11.0 Å². The Hall–Kier alpha value is -3.10. The van der Waals surface area contributed by atoms with Gasteiger partial charge in [-0.2, -0.15) is 0 Å². The van der Waals surface area contributed by atoms with Crippen LogP contribution in [0.2, 0.25) is 0 Å². The lowest BCUT2D eigenvalue weighted by molar-refractivity contribution is -0.122. The van der Waals surface area contributed by atoms with E-state index in [1.165, 1.54) is 6.42 Å². The van der Waals surface area contributed by atoms with Crippen molar-refractivity contribution >= 4 is 34.8 Å². The molecule has 0 unspecified atom stereocenters. The van der Waals surface area contributed by atoms with E-state index < -0.39 is 23.7 Å². The molecule has 190 valence electrons. The Morgan fingerprint density at radius 2 is 1.89 bits per heavy atom. The zero-order valence-corrected chi connectivity index (χ0v) is 21.1. The molecule has 3 heterocycles. The van der Waals surface area contributed by atoms with E-state index in [0.29, 0.717) is 35.0 Å². The molecule has 2 aromatic heterocycles. The largest absolute Gasteiger partial charge is 0.461 e. The van der Waals surface area contributed by atoms with E-state index in [9.17, 15) is 14.4 Å². The summed E-state index contributed by atoms with van der Waals surface area (Å²) in [5, 5.41) is 2.93. The van der Waals surface area contributed by atoms with Gasteiger partial charge in [0.1, 0.15) is 23.2 Å². The van der Waals surface area contributed by atoms with Crippen molar-refractivity contribution in [3.8, 4) is 0 Å². The van der Waals surface area contributed by atoms with Gasteiger partial charge in [0.15, 0.2) is 0 Å². The minimum Gasteiger partial charge on any atom is -0.461 e. The average molecular weight is 485 g/mol. The van der Waals surface area contributed by atoms with Gasteiger partial charge < -0.3 is 19.8 Å². The number of aromatic nitrogens is 2. The highest BCUT2D eigenvalue weighted by Crippen LogP contribution is 2.39. The van der Waals surface area contributed by atoms with Gasteiger partial charge in [-0.3, -0.25) is 9.69 Å². The van der Waals surface area contributed by atoms with Crippen LogP contribution >= 0.6 is 0 Å². The molecule has 1 saturated heterocycles. The Labute approximate surface area is 205 Å². The van der Waals surface area contributed by atoms with Crippen molar-refractivity contribution in [1.29, 1.82) is 0 Å². The molecule has 1 aliphatic heterocycles. The highest BCUT2D eigenvalue weighted by atomic mass is 16.6. The summed E-state index contributed by atoms with van der Waals surface area (Å²) < 4.78 is 10.7. The van der Waals surface area contributed by atoms with E-state index >= 15 is 0 Å². The standard InChI is InChI=1S/C26H36N4O5/c1-5-34-24(32)20-15-19-18(27-20)11-12-21(28-19)29-23(31)22-17(16-9-7-6-8-10-16)13-14-30(22)25(33)35-26(2,3)4/h11-12,15-17,22,27H,5-10,13-14H2,1-4H3,(H,28,29,31)/t17-,22+/m0/s1. The van der Waals surface area contributed by atoms with Crippen molar-refractivity contribution in [3.63, 3.8) is 0 Å². The third-order valence-corrected chi connectivity index (χ3v) is 6.82. The normalized spacial score (nSPS) is 21.2. The highest BCUT2D eigenvalue weighted by Gasteiger charge is 2.46. The number of H-pyrrole nitrogens is 1. The molecule has 0 aromatic carbocycles. The first-order valence-corrected chi connectivity index (χ1v) is 12.6. The number of hydrogen-bond acceptors (Lipinski definition) is 6. The first-order valence-electron chi connectivity index (χ1n) is 12.6. The predicted molar refractivity (Wildman–Crippen MR) is 132 cm³/mol. The van der Waals surface area contributed by atoms with Gasteiger partial charge in [-0.15, -0.1) is 0 Å². The number of carbonyl (C=O) groups excluding carboxylic acids is 3. The first-order chi connectivity index (χ1) is 16.7. The molecular formula is C26H36N4O5. The summed E-state index contributed by atoms with van der Waals surface area (Å²) in [5.41, 5.74) is 0.882. The van der Waals surface area contributed by atoms with Crippen LogP contribution in [0, 0.1) is 11.8 Å². The van der Waals surface area contributed by atoms with Gasteiger partial charge >= 0.3 is 12.1 Å². The average Bonchev–Trinajstić information content (AvgIpc) is 3.43. The number of aromatic amines is 1. The molecule has 2 N–H and O–H groups in total. The number of esters is 1. The molecule has 2 fully saturated rings. The summed E-state index contributed by atoms with van der Waals surface area (Å²) in [7, 11) is 0. The van der Waals surface area contributed by atoms with Gasteiger partial charge in [-0.05, 0) is 64.2 Å². The molecule has 1 saturated carbocycles. The number of amides is 2. The molecule has 9 nitrogen and oxygen atoms in total. The predicted octanol–water partition coefficient (Wildman–Crippen LogP) is 4.88. The van der Waals surface area contributed by atoms with Gasteiger partial charge in [-0.1, -0.05) is 32.1 Å². The van der Waals surface area contributed by atoms with Gasteiger partial charge in [0.05, 0.1) is 17.6 Å². The molecule has 2 atom stereocenters. The van der Waals surface area contributed by atoms with Crippen molar-refractivity contribution in [2.75, 3.05) is 18.5 Å². The van der Waals surface area contributed by atoms with Gasteiger partial charge in [0.2, 0.25) is 5.91 Å². The zero-order chi connectivity index (χ0) is 25.2. The minimum atomic E-state index is -0.640. The van der Waals surface area contributed by atoms with Crippen LogP contribution in [-0.2, 0) is 14.3 Å². The summed E-state index contributed by atoms with van der Waals surface area (Å²) in [5.74, 6) is 0.172. The molecule has 0 radical (unpaired) electrons. The molecule has 35 heavy (non-hydrogen) atoms. The number of carbonyl (C=O) groups is 3. The van der Waals surface area contributed by atoms with Gasteiger partial charge in [0, 0.05) is 6.54 Å². The highest BCUT2D eigenvalue weighted by molar-refractivity contribution is 5.98. The van der Waals surface area contributed by atoms with Crippen molar-refractivity contribution in [1.82, 2.24) is 14.9 Å². The maximum absolute atomic E-state index is 13.6. The second-order valence-corrected chi connectivity index (χ2v) is 10.5. The maximum atomic E-state index is 13.6. The molecule has 1 aliphatic carbocycles. The monoisotopic (exact) mass is 484 g/mol. The minimum absolute atomic E-state index is 0.0919. The van der Waals surface area contributed by atoms with Crippen molar-refractivity contribution in [2.45, 2.75) is 77.9 Å². The van der Waals surface area contributed by atoms with Crippen LogP contribution in [-0.4, -0.2) is 57.6 Å². The number of ether oxygens (including phenoxy) is 2. The number of likely N-dealkylation sites (tertiary alicyclic amines) is 1. The molecule has 2 aliphatic rings. The van der Waals surface area contributed by atoms with E-state index in [4.69, 9.17) is 9.47 Å². The summed E-state index contributed by atoms with van der Waals surface area (Å²) in [4.78, 5) is 47.7. The summed E-state index contributed by atoms with van der Waals surface area (Å²) in [6.07, 6.45) is 6.05. The van der Waals surface area contributed by atoms with Gasteiger partial charge in [-0.25, -0.2) is 14.6 Å². The van der Waals surface area contributed by atoms with Crippen LogP contribution in [0.1, 0.15) is 76.7 Å². The van der Waals surface area contributed by atoms with Crippen LogP contribution in [0.4, 0.5) is 10.6 Å². The molecule has 2 amide bonds. The molecular weight excluding hydrogens is 448 g/mol. The number of rotatable bonds is 5. The molecule has 9 heteroatoms. The van der Waals surface area contributed by atoms with Crippen LogP contribution in [0.3, 0.4) is 0 Å². The Morgan fingerprint density at radius 1 is 1.14 bits per heavy atom. The van der Waals surface area contributed by atoms with Crippen LogP contribution in [0.15, 0.2) is 18.2 Å². The maximum Gasteiger partial charge on any atom is 0.410 e. The van der Waals surface area contributed by atoms with Crippen LogP contribution < -0.4 is 5.32 Å². The Kier molecular flexibility index (Phi) is 7.33. The zero-order valence-electron chi connectivity index (χ0n) is 21.1. The van der Waals surface area contributed by atoms with Crippen molar-refractivity contribution < 1.29 is 23.9 Å². The summed E-state index contributed by atoms with van der Waals surface area (Å²) in [6.45, 7) is 8.01. The number of pyridine rings is 1. The molecule has 0 bridgehead atoms. The van der Waals surface area contributed by atoms with E-state index in [2.05, 4.69) is 15.3 Å². The fraction of sp³-hybridized carbons (Fsp3) is 0.615. The SMILES string of the molecule is CCOC(=O)c1cc2nc(NC(=O)[C@H]3[C@H](C4CCCCC4)CCN3C(=O)OC(C)(C)C)ccc2[nH]1. The van der Waals surface area contributed by atoms with Crippen molar-refractivity contribution in [3.05, 3.63) is 23.9 Å². The van der Waals surface area contributed by atoms with E-state index in [-0.39, 0.29) is 18.4 Å². The van der Waals surface area contributed by atoms with Gasteiger partial charge in [0.25, 0.3) is 0 Å². The summed E-state index contributed by atoms with van der Waals surface area (Å²) >= 11 is 0. The van der Waals surface area contributed by atoms with E-state index in [1.807, 2.05) is 20.8 Å². The number of nitrogens with one attached hydrogen (secondary N) is 2. The second kappa shape index (κ2) is 10.3. The lowest BCUT2D eigenvalue weighted by Crippen LogP contribution is -2.49. The first kappa shape index (κ1) is 25.0. The fourth-order valence-corrected chi connectivity index (χ4v) is 5.33. The van der Waals surface area contributed by atoms with Crippen LogP contribution in [0.5, 0.6) is 0 Å². The number of nitrogens with zero attached hydrogens (tertiary/aromatic N) is 2. The molecule has 4 rings (SSSR count). The number of hydrogen-bond donors (Lipinski definition) is 2. The Bertz CT molecular complexity index is 1080. The number of anilines is 1. The third-order valence-electron chi connectivity index (χ3n) is 6.82. The third kappa shape index (κ3) is 5.77. The quantitative estimate of drug-likeness (QED) is 0.585. The second-order valence-electron chi connectivity index (χ2n) is 10.5. The summed E-state index contributed by atoms with van der Waals surface area (Å²) in [6, 6.07) is 4.45. The van der Waals surface area contributed by atoms with Crippen molar-refractivity contribution in [2.24, 2.45) is 11.8 Å². The molecule has 2 aromatic rings. The Morgan fingerprint density at radius 3 is 2.57 bits per heavy atom. The van der Waals surface area contributed by atoms with E-state index in [1.54, 1.807) is 30.0 Å². The lowest BCUT2D eigenvalue weighted by Gasteiger charge is -2.34. The Balaban J connectivity index is 1.55. The van der Waals surface area contributed by atoms with E-state index in [0.717, 1.165) is 32.1 Å². The smallest absolute Gasteiger partial charge is 0.410 e. The number of fused-ring (bicyclic) bond motifs is 1.